The molecule has 0 aliphatic heterocycles. The van der Waals surface area contributed by atoms with Crippen molar-refractivity contribution >= 4 is 10.0 Å². The third kappa shape index (κ3) is 3.02. The van der Waals surface area contributed by atoms with Crippen molar-refractivity contribution in [3.8, 4) is 0 Å². The van der Waals surface area contributed by atoms with Crippen LogP contribution in [-0.4, -0.2) is 24.5 Å². The van der Waals surface area contributed by atoms with Crippen molar-refractivity contribution < 1.29 is 8.42 Å². The van der Waals surface area contributed by atoms with Crippen LogP contribution in [0.15, 0.2) is 12.3 Å². The molecular weight excluding hydrogens is 178 g/mol. The molecule has 5 nitrogen and oxygen atoms in total. The molecule has 0 aliphatic carbocycles. The third-order valence-electron chi connectivity index (χ3n) is 1.28. The summed E-state index contributed by atoms with van der Waals surface area (Å²) in [5.41, 5.74) is 0.711. The first-order valence-corrected chi connectivity index (χ1v) is 5.30. The first-order valence-electron chi connectivity index (χ1n) is 3.40. The third-order valence-corrected chi connectivity index (χ3v) is 1.95. The van der Waals surface area contributed by atoms with E-state index in [0.717, 1.165) is 6.26 Å². The maximum absolute atomic E-state index is 10.7. The van der Waals surface area contributed by atoms with Crippen molar-refractivity contribution in [3.05, 3.63) is 18.0 Å². The molecule has 1 heterocycles. The van der Waals surface area contributed by atoms with Crippen LogP contribution in [0, 0.1) is 0 Å². The van der Waals surface area contributed by atoms with Gasteiger partial charge in [0.15, 0.2) is 0 Å². The maximum atomic E-state index is 10.7. The lowest BCUT2D eigenvalue weighted by Gasteiger charge is -1.97. The number of aromatic nitrogens is 2. The van der Waals surface area contributed by atoms with Crippen LogP contribution in [0.4, 0.5) is 0 Å². The summed E-state index contributed by atoms with van der Waals surface area (Å²) in [6, 6.07) is 1.76. The summed E-state index contributed by atoms with van der Waals surface area (Å²) in [7, 11) is -1.33. The highest BCUT2D eigenvalue weighted by molar-refractivity contribution is 7.88. The number of rotatable bonds is 3. The molecule has 1 aromatic rings. The molecule has 0 unspecified atom stereocenters. The van der Waals surface area contributed by atoms with Gasteiger partial charge in [0, 0.05) is 13.2 Å². The number of hydrogen-bond donors (Lipinski definition) is 1. The second-order valence-electron chi connectivity index (χ2n) is 2.57. The number of nitrogens with zero attached hydrogens (tertiary/aromatic N) is 2. The molecule has 1 aromatic heterocycles. The minimum atomic E-state index is -3.11. The van der Waals surface area contributed by atoms with Crippen molar-refractivity contribution in [1.29, 1.82) is 0 Å². The van der Waals surface area contributed by atoms with Crippen LogP contribution in [0.1, 0.15) is 5.69 Å². The Morgan fingerprint density at radius 1 is 1.67 bits per heavy atom. The lowest BCUT2D eigenvalue weighted by Crippen LogP contribution is -2.21. The fraction of sp³-hybridized carbons (Fsp3) is 0.500. The fourth-order valence-electron chi connectivity index (χ4n) is 0.762. The van der Waals surface area contributed by atoms with E-state index in [1.165, 1.54) is 0 Å². The van der Waals surface area contributed by atoms with Crippen molar-refractivity contribution in [3.63, 3.8) is 0 Å². The molecule has 0 fully saturated rings. The van der Waals surface area contributed by atoms with Gasteiger partial charge >= 0.3 is 0 Å². The van der Waals surface area contributed by atoms with Crippen molar-refractivity contribution in [2.24, 2.45) is 7.05 Å². The van der Waals surface area contributed by atoms with Gasteiger partial charge in [0.1, 0.15) is 0 Å². The van der Waals surface area contributed by atoms with Crippen molar-refractivity contribution in [1.82, 2.24) is 14.5 Å². The molecule has 0 bridgehead atoms. The first-order chi connectivity index (χ1) is 5.47. The average molecular weight is 189 g/mol. The molecule has 0 aliphatic rings. The molecule has 0 aromatic carbocycles. The Morgan fingerprint density at radius 3 is 2.75 bits per heavy atom. The molecule has 6 heteroatoms. The Hall–Kier alpha value is -0.880. The molecule has 1 N–H and O–H groups in total. The van der Waals surface area contributed by atoms with Crippen molar-refractivity contribution in [2.75, 3.05) is 6.26 Å². The highest BCUT2D eigenvalue weighted by Crippen LogP contribution is 1.93. The molecule has 0 amide bonds. The normalized spacial score (nSPS) is 11.8. The zero-order valence-electron chi connectivity index (χ0n) is 6.98. The molecule has 0 radical (unpaired) electrons. The van der Waals surface area contributed by atoms with E-state index in [2.05, 4.69) is 9.82 Å². The minimum absolute atomic E-state index is 0.250. The van der Waals surface area contributed by atoms with Gasteiger partial charge in [-0.1, -0.05) is 0 Å². The number of hydrogen-bond acceptors (Lipinski definition) is 3. The summed E-state index contributed by atoms with van der Waals surface area (Å²) in [5.74, 6) is 0. The van der Waals surface area contributed by atoms with Gasteiger partial charge in [-0.05, 0) is 6.07 Å². The zero-order chi connectivity index (χ0) is 9.19. The van der Waals surface area contributed by atoms with E-state index in [4.69, 9.17) is 0 Å². The highest BCUT2D eigenvalue weighted by Gasteiger charge is 2.01. The summed E-state index contributed by atoms with van der Waals surface area (Å²) in [5, 5.41) is 4.00. The van der Waals surface area contributed by atoms with Crippen LogP contribution < -0.4 is 4.72 Å². The number of nitrogens with one attached hydrogen (secondary N) is 1. The van der Waals surface area contributed by atoms with Gasteiger partial charge in [-0.3, -0.25) is 4.68 Å². The second-order valence-corrected chi connectivity index (χ2v) is 4.41. The molecule has 0 spiro atoms. The van der Waals surface area contributed by atoms with Gasteiger partial charge in [0.25, 0.3) is 0 Å². The van der Waals surface area contributed by atoms with Gasteiger partial charge < -0.3 is 0 Å². The predicted octanol–water partition coefficient (Wildman–Crippen LogP) is -0.531. The summed E-state index contributed by atoms with van der Waals surface area (Å²) in [4.78, 5) is 0. The Labute approximate surface area is 71.4 Å². The lowest BCUT2D eigenvalue weighted by molar-refractivity contribution is 0.585. The Kier molecular flexibility index (Phi) is 2.49. The van der Waals surface area contributed by atoms with E-state index in [1.807, 2.05) is 0 Å². The summed E-state index contributed by atoms with van der Waals surface area (Å²) in [6.45, 7) is 0.250. The van der Waals surface area contributed by atoms with Gasteiger partial charge in [-0.25, -0.2) is 13.1 Å². The van der Waals surface area contributed by atoms with Gasteiger partial charge in [0.2, 0.25) is 10.0 Å². The predicted molar refractivity (Wildman–Crippen MR) is 44.9 cm³/mol. The van der Waals surface area contributed by atoms with Crippen LogP contribution in [0.2, 0.25) is 0 Å². The number of sulfonamides is 1. The highest BCUT2D eigenvalue weighted by atomic mass is 32.2. The average Bonchev–Trinajstić information content (AvgIpc) is 2.30. The standard InChI is InChI=1S/C6H11N3O2S/c1-9-4-3-6(8-9)5-7-12(2,10)11/h3-4,7H,5H2,1-2H3. The Morgan fingerprint density at radius 2 is 2.33 bits per heavy atom. The number of aryl methyl sites for hydroxylation is 1. The minimum Gasteiger partial charge on any atom is -0.276 e. The smallest absolute Gasteiger partial charge is 0.209 e. The van der Waals surface area contributed by atoms with E-state index in [1.54, 1.807) is 24.0 Å². The summed E-state index contributed by atoms with van der Waals surface area (Å²) >= 11 is 0. The molecule has 0 saturated carbocycles. The molecule has 0 atom stereocenters. The van der Waals surface area contributed by atoms with Gasteiger partial charge in [-0.15, -0.1) is 0 Å². The van der Waals surface area contributed by atoms with Crippen molar-refractivity contribution in [2.45, 2.75) is 6.54 Å². The zero-order valence-corrected chi connectivity index (χ0v) is 7.80. The summed E-state index contributed by atoms with van der Waals surface area (Å²) in [6.07, 6.45) is 2.88. The monoisotopic (exact) mass is 189 g/mol. The van der Waals surface area contributed by atoms with E-state index in [0.29, 0.717) is 5.69 Å². The second kappa shape index (κ2) is 3.24. The topological polar surface area (TPSA) is 64.0 Å². The molecular formula is C6H11N3O2S. The largest absolute Gasteiger partial charge is 0.276 e. The van der Waals surface area contributed by atoms with Gasteiger partial charge in [-0.2, -0.15) is 5.10 Å². The molecule has 1 rings (SSSR count). The van der Waals surface area contributed by atoms with Crippen LogP contribution in [0.25, 0.3) is 0 Å². The summed E-state index contributed by atoms with van der Waals surface area (Å²) < 4.78 is 25.3. The quantitative estimate of drug-likeness (QED) is 0.695. The van der Waals surface area contributed by atoms with E-state index in [-0.39, 0.29) is 6.54 Å². The molecule has 0 saturated heterocycles. The SMILES string of the molecule is Cn1ccc(CNS(C)(=O)=O)n1. The van der Waals surface area contributed by atoms with Crippen LogP contribution in [0.5, 0.6) is 0 Å². The van der Waals surface area contributed by atoms with Crippen LogP contribution in [-0.2, 0) is 23.6 Å². The van der Waals surface area contributed by atoms with E-state index < -0.39 is 10.0 Å². The lowest BCUT2D eigenvalue weighted by atomic mass is 10.4. The van der Waals surface area contributed by atoms with E-state index in [9.17, 15) is 8.42 Å². The maximum Gasteiger partial charge on any atom is 0.209 e. The Balaban J connectivity index is 2.55. The van der Waals surface area contributed by atoms with Crippen LogP contribution in [0.3, 0.4) is 0 Å². The van der Waals surface area contributed by atoms with Crippen LogP contribution >= 0.6 is 0 Å². The van der Waals surface area contributed by atoms with Gasteiger partial charge in [0.05, 0.1) is 18.5 Å². The molecule has 12 heavy (non-hydrogen) atoms. The fourth-order valence-corrected chi connectivity index (χ4v) is 1.17. The molecule has 68 valence electrons. The Bertz CT molecular complexity index is 355. The first kappa shape index (κ1) is 9.21. The van der Waals surface area contributed by atoms with E-state index >= 15 is 0 Å².